The van der Waals surface area contributed by atoms with Gasteiger partial charge in [-0.05, 0) is 26.2 Å². The van der Waals surface area contributed by atoms with E-state index in [9.17, 15) is 4.79 Å². The van der Waals surface area contributed by atoms with E-state index in [1.54, 1.807) is 0 Å². The molecule has 5 atom stereocenters. The molecule has 0 aromatic carbocycles. The van der Waals surface area contributed by atoms with Crippen LogP contribution in [0.4, 0.5) is 0 Å². The normalized spacial score (nSPS) is 44.0. The van der Waals surface area contributed by atoms with E-state index >= 15 is 0 Å². The summed E-state index contributed by atoms with van der Waals surface area (Å²) in [6.45, 7) is 7.67. The van der Waals surface area contributed by atoms with Crippen LogP contribution in [0.25, 0.3) is 0 Å². The van der Waals surface area contributed by atoms with Gasteiger partial charge in [0, 0.05) is 19.1 Å². The van der Waals surface area contributed by atoms with E-state index in [1.165, 1.54) is 0 Å². The molecule has 2 heterocycles. The van der Waals surface area contributed by atoms with Crippen LogP contribution in [0.1, 0.15) is 27.2 Å². The standard InChI is InChI=1S/C12H22N2O2/c1-7-8(2)16-9(3)11(7)12(15)14-5-4-10(13)6-14/h7-11H,4-6,13H2,1-3H3/t7?,8?,9?,10-,11?/m1/s1. The van der Waals surface area contributed by atoms with Crippen LogP contribution < -0.4 is 5.73 Å². The SMILES string of the molecule is CC1OC(C)C(C(=O)N2CC[C@@H](N)C2)C1C. The molecule has 2 N–H and O–H groups in total. The van der Waals surface area contributed by atoms with Gasteiger partial charge >= 0.3 is 0 Å². The molecule has 92 valence electrons. The number of likely N-dealkylation sites (tertiary alicyclic amines) is 1. The molecule has 0 saturated carbocycles. The third-order valence-electron chi connectivity index (χ3n) is 4.06. The number of amides is 1. The zero-order chi connectivity index (χ0) is 11.9. The Morgan fingerprint density at radius 2 is 2.00 bits per heavy atom. The van der Waals surface area contributed by atoms with Crippen molar-refractivity contribution in [2.45, 2.75) is 45.4 Å². The molecular formula is C12H22N2O2. The number of carbonyl (C=O) groups excluding carboxylic acids is 1. The second kappa shape index (κ2) is 4.34. The molecule has 4 nitrogen and oxygen atoms in total. The Morgan fingerprint density at radius 3 is 2.44 bits per heavy atom. The largest absolute Gasteiger partial charge is 0.374 e. The van der Waals surface area contributed by atoms with Crippen molar-refractivity contribution in [3.63, 3.8) is 0 Å². The van der Waals surface area contributed by atoms with Crippen molar-refractivity contribution >= 4 is 5.91 Å². The first kappa shape index (κ1) is 11.9. The zero-order valence-electron chi connectivity index (χ0n) is 10.3. The smallest absolute Gasteiger partial charge is 0.228 e. The van der Waals surface area contributed by atoms with Gasteiger partial charge in [-0.15, -0.1) is 0 Å². The van der Waals surface area contributed by atoms with Crippen LogP contribution >= 0.6 is 0 Å². The Morgan fingerprint density at radius 1 is 1.31 bits per heavy atom. The highest BCUT2D eigenvalue weighted by Crippen LogP contribution is 2.34. The first-order valence-electron chi connectivity index (χ1n) is 6.20. The Labute approximate surface area is 97.1 Å². The number of ether oxygens (including phenoxy) is 1. The van der Waals surface area contributed by atoms with Crippen LogP contribution in [0.15, 0.2) is 0 Å². The van der Waals surface area contributed by atoms with Gasteiger partial charge in [0.25, 0.3) is 0 Å². The summed E-state index contributed by atoms with van der Waals surface area (Å²) in [7, 11) is 0. The van der Waals surface area contributed by atoms with Gasteiger partial charge in [0.05, 0.1) is 18.1 Å². The fourth-order valence-electron chi connectivity index (χ4n) is 2.89. The summed E-state index contributed by atoms with van der Waals surface area (Å²) in [5, 5.41) is 0. The van der Waals surface area contributed by atoms with Crippen molar-refractivity contribution < 1.29 is 9.53 Å². The molecule has 0 radical (unpaired) electrons. The van der Waals surface area contributed by atoms with Gasteiger partial charge in [-0.2, -0.15) is 0 Å². The maximum Gasteiger partial charge on any atom is 0.228 e. The molecule has 0 bridgehead atoms. The van der Waals surface area contributed by atoms with E-state index in [2.05, 4.69) is 6.92 Å². The predicted octanol–water partition coefficient (Wildman–Crippen LogP) is 0.606. The number of hydrogen-bond acceptors (Lipinski definition) is 3. The van der Waals surface area contributed by atoms with Crippen LogP contribution in [-0.4, -0.2) is 42.1 Å². The van der Waals surface area contributed by atoms with Gasteiger partial charge in [-0.1, -0.05) is 6.92 Å². The maximum atomic E-state index is 12.3. The second-order valence-corrected chi connectivity index (χ2v) is 5.26. The molecule has 4 heteroatoms. The van der Waals surface area contributed by atoms with Crippen LogP contribution in [0.2, 0.25) is 0 Å². The Kier molecular flexibility index (Phi) is 3.22. The number of nitrogens with two attached hydrogens (primary N) is 1. The van der Waals surface area contributed by atoms with Gasteiger partial charge in [0.2, 0.25) is 5.91 Å². The summed E-state index contributed by atoms with van der Waals surface area (Å²) in [5.74, 6) is 0.553. The summed E-state index contributed by atoms with van der Waals surface area (Å²) in [6.07, 6.45) is 1.15. The topological polar surface area (TPSA) is 55.6 Å². The molecule has 16 heavy (non-hydrogen) atoms. The summed E-state index contributed by atoms with van der Waals surface area (Å²) in [6, 6.07) is 0.161. The fourth-order valence-corrected chi connectivity index (χ4v) is 2.89. The minimum absolute atomic E-state index is 0.0142. The molecule has 1 amide bonds. The molecule has 0 aromatic heterocycles. The summed E-state index contributed by atoms with van der Waals surface area (Å²) in [4.78, 5) is 14.3. The van der Waals surface area contributed by atoms with Gasteiger partial charge in [0.15, 0.2) is 0 Å². The zero-order valence-corrected chi connectivity index (χ0v) is 10.3. The molecule has 2 rings (SSSR count). The van der Waals surface area contributed by atoms with Crippen LogP contribution in [0.5, 0.6) is 0 Å². The molecular weight excluding hydrogens is 204 g/mol. The summed E-state index contributed by atoms with van der Waals surface area (Å²) >= 11 is 0. The highest BCUT2D eigenvalue weighted by Gasteiger charge is 2.44. The number of carbonyl (C=O) groups is 1. The highest BCUT2D eigenvalue weighted by molar-refractivity contribution is 5.80. The average Bonchev–Trinajstić information content (AvgIpc) is 2.73. The maximum absolute atomic E-state index is 12.3. The van der Waals surface area contributed by atoms with Crippen molar-refractivity contribution in [3.8, 4) is 0 Å². The van der Waals surface area contributed by atoms with Crippen molar-refractivity contribution in [2.75, 3.05) is 13.1 Å². The van der Waals surface area contributed by atoms with Crippen molar-refractivity contribution in [1.29, 1.82) is 0 Å². The molecule has 0 aliphatic carbocycles. The van der Waals surface area contributed by atoms with Crippen LogP contribution in [0.3, 0.4) is 0 Å². The molecule has 2 aliphatic heterocycles. The monoisotopic (exact) mass is 226 g/mol. The summed E-state index contributed by atoms with van der Waals surface area (Å²) in [5.41, 5.74) is 5.83. The summed E-state index contributed by atoms with van der Waals surface area (Å²) < 4.78 is 5.71. The lowest BCUT2D eigenvalue weighted by Crippen LogP contribution is -2.40. The van der Waals surface area contributed by atoms with Gasteiger partial charge in [0.1, 0.15) is 0 Å². The number of hydrogen-bond donors (Lipinski definition) is 1. The van der Waals surface area contributed by atoms with E-state index in [0.29, 0.717) is 12.5 Å². The van der Waals surface area contributed by atoms with E-state index in [1.807, 2.05) is 18.7 Å². The molecule has 2 saturated heterocycles. The molecule has 0 spiro atoms. The van der Waals surface area contributed by atoms with Gasteiger partial charge in [-0.25, -0.2) is 0 Å². The second-order valence-electron chi connectivity index (χ2n) is 5.26. The van der Waals surface area contributed by atoms with E-state index < -0.39 is 0 Å². The van der Waals surface area contributed by atoms with E-state index in [0.717, 1.165) is 13.0 Å². The van der Waals surface area contributed by atoms with Crippen molar-refractivity contribution in [1.82, 2.24) is 4.90 Å². The molecule has 0 aromatic rings. The molecule has 2 aliphatic rings. The first-order chi connectivity index (χ1) is 7.50. The highest BCUT2D eigenvalue weighted by atomic mass is 16.5. The quantitative estimate of drug-likeness (QED) is 0.712. The third-order valence-corrected chi connectivity index (χ3v) is 4.06. The van der Waals surface area contributed by atoms with Gasteiger partial charge in [-0.3, -0.25) is 4.79 Å². The minimum atomic E-state index is 0.0142. The molecule has 4 unspecified atom stereocenters. The lowest BCUT2D eigenvalue weighted by atomic mass is 9.88. The molecule has 2 fully saturated rings. The lowest BCUT2D eigenvalue weighted by molar-refractivity contribution is -0.136. The fraction of sp³-hybridized carbons (Fsp3) is 0.917. The van der Waals surface area contributed by atoms with E-state index in [-0.39, 0.29) is 30.1 Å². The first-order valence-corrected chi connectivity index (χ1v) is 6.20. The Balaban J connectivity index is 2.04. The predicted molar refractivity (Wildman–Crippen MR) is 61.8 cm³/mol. The Bertz CT molecular complexity index is 282. The van der Waals surface area contributed by atoms with E-state index in [4.69, 9.17) is 10.5 Å². The Hall–Kier alpha value is -0.610. The number of rotatable bonds is 1. The minimum Gasteiger partial charge on any atom is -0.374 e. The van der Waals surface area contributed by atoms with Crippen molar-refractivity contribution in [2.24, 2.45) is 17.6 Å². The lowest BCUT2D eigenvalue weighted by Gasteiger charge is -2.24. The third kappa shape index (κ3) is 1.96. The van der Waals surface area contributed by atoms with Crippen LogP contribution in [-0.2, 0) is 9.53 Å². The van der Waals surface area contributed by atoms with Gasteiger partial charge < -0.3 is 15.4 Å². The number of nitrogens with zero attached hydrogens (tertiary/aromatic N) is 1. The average molecular weight is 226 g/mol. The van der Waals surface area contributed by atoms with Crippen LogP contribution in [0, 0.1) is 11.8 Å². The van der Waals surface area contributed by atoms with Crippen molar-refractivity contribution in [3.05, 3.63) is 0 Å².